The lowest BCUT2D eigenvalue weighted by Crippen LogP contribution is -2.48. The second kappa shape index (κ2) is 5.94. The molecule has 0 aliphatic carbocycles. The summed E-state index contributed by atoms with van der Waals surface area (Å²) >= 11 is 0. The molecule has 0 unspecified atom stereocenters. The van der Waals surface area contributed by atoms with Crippen LogP contribution in [0.4, 0.5) is 0 Å². The number of furan rings is 1. The van der Waals surface area contributed by atoms with E-state index in [1.807, 2.05) is 24.3 Å². The Morgan fingerprint density at radius 2 is 1.92 bits per heavy atom. The molecule has 0 bridgehead atoms. The van der Waals surface area contributed by atoms with Gasteiger partial charge in [0.15, 0.2) is 11.5 Å². The fourth-order valence-corrected chi connectivity index (χ4v) is 3.02. The summed E-state index contributed by atoms with van der Waals surface area (Å²) in [7, 11) is 0. The first-order valence-corrected chi connectivity index (χ1v) is 7.74. The summed E-state index contributed by atoms with van der Waals surface area (Å²) in [5.74, 6) is -0.760. The van der Waals surface area contributed by atoms with E-state index in [2.05, 4.69) is 5.16 Å². The molecule has 1 aromatic carbocycles. The summed E-state index contributed by atoms with van der Waals surface area (Å²) < 4.78 is 10.4. The fraction of sp³-hybridized carbons (Fsp3) is 0.167. The molecule has 0 fully saturated rings. The summed E-state index contributed by atoms with van der Waals surface area (Å²) in [6.07, 6.45) is 1.75. The third kappa shape index (κ3) is 2.69. The van der Waals surface area contributed by atoms with Gasteiger partial charge in [0.05, 0.1) is 6.26 Å². The molecule has 126 valence electrons. The molecule has 1 atom stereocenters. The van der Waals surface area contributed by atoms with Gasteiger partial charge in [-0.15, -0.1) is 0 Å². The number of aromatic nitrogens is 1. The largest absolute Gasteiger partial charge is 0.480 e. The van der Waals surface area contributed by atoms with Crippen LogP contribution in [0.1, 0.15) is 21.6 Å². The standard InChI is InChI=1S/C18H14N2O5/c21-17(13-9-16(25-19-13)15-6-3-7-24-15)20-10-12-5-2-1-4-11(12)8-14(20)18(22)23/h1-7,9,14H,8,10H2,(H,22,23)/t14-/m1/s1. The molecular weight excluding hydrogens is 324 g/mol. The number of rotatable bonds is 3. The van der Waals surface area contributed by atoms with Crippen molar-refractivity contribution in [2.24, 2.45) is 0 Å². The third-order valence-corrected chi connectivity index (χ3v) is 4.29. The lowest BCUT2D eigenvalue weighted by molar-refractivity contribution is -0.142. The van der Waals surface area contributed by atoms with E-state index < -0.39 is 17.9 Å². The number of benzene rings is 1. The Kier molecular flexibility index (Phi) is 3.61. The highest BCUT2D eigenvalue weighted by Gasteiger charge is 2.36. The van der Waals surface area contributed by atoms with Gasteiger partial charge in [-0.3, -0.25) is 4.79 Å². The summed E-state index contributed by atoms with van der Waals surface area (Å²) in [6.45, 7) is 0.217. The van der Waals surface area contributed by atoms with Crippen LogP contribution in [0.25, 0.3) is 11.5 Å². The lowest BCUT2D eigenvalue weighted by Gasteiger charge is -2.33. The van der Waals surface area contributed by atoms with Crippen LogP contribution in [0.15, 0.2) is 57.7 Å². The highest BCUT2D eigenvalue weighted by Crippen LogP contribution is 2.26. The maximum atomic E-state index is 12.8. The zero-order valence-corrected chi connectivity index (χ0v) is 13.1. The number of fused-ring (bicyclic) bond motifs is 1. The molecule has 25 heavy (non-hydrogen) atoms. The van der Waals surface area contributed by atoms with Crippen molar-refractivity contribution in [2.45, 2.75) is 19.0 Å². The van der Waals surface area contributed by atoms with Crippen LogP contribution in [0, 0.1) is 0 Å². The van der Waals surface area contributed by atoms with Gasteiger partial charge in [0.25, 0.3) is 5.91 Å². The van der Waals surface area contributed by atoms with Crippen molar-refractivity contribution >= 4 is 11.9 Å². The molecule has 0 saturated heterocycles. The van der Waals surface area contributed by atoms with Crippen molar-refractivity contribution in [3.8, 4) is 11.5 Å². The van der Waals surface area contributed by atoms with Crippen LogP contribution in [0.2, 0.25) is 0 Å². The van der Waals surface area contributed by atoms with Gasteiger partial charge in [0.1, 0.15) is 6.04 Å². The summed E-state index contributed by atoms with van der Waals surface area (Å²) in [5.41, 5.74) is 1.93. The van der Waals surface area contributed by atoms with Crippen molar-refractivity contribution in [1.82, 2.24) is 10.1 Å². The molecule has 0 spiro atoms. The number of carboxylic acid groups (broad SMARTS) is 1. The topological polar surface area (TPSA) is 96.8 Å². The smallest absolute Gasteiger partial charge is 0.326 e. The Labute approximate surface area is 142 Å². The first-order chi connectivity index (χ1) is 12.1. The van der Waals surface area contributed by atoms with Crippen molar-refractivity contribution < 1.29 is 23.6 Å². The molecule has 7 nitrogen and oxygen atoms in total. The minimum Gasteiger partial charge on any atom is -0.480 e. The minimum absolute atomic E-state index is 0.0528. The molecule has 3 heterocycles. The number of amides is 1. The molecule has 2 aromatic heterocycles. The van der Waals surface area contributed by atoms with Gasteiger partial charge in [-0.25, -0.2) is 4.79 Å². The molecule has 0 saturated carbocycles. The number of nitrogens with zero attached hydrogens (tertiary/aromatic N) is 2. The fourth-order valence-electron chi connectivity index (χ4n) is 3.02. The van der Waals surface area contributed by atoms with E-state index in [-0.39, 0.29) is 18.7 Å². The molecular formula is C18H14N2O5. The number of aliphatic carboxylic acids is 1. The number of carbonyl (C=O) groups is 2. The van der Waals surface area contributed by atoms with E-state index in [1.54, 1.807) is 12.1 Å². The minimum atomic E-state index is -1.04. The van der Waals surface area contributed by atoms with Gasteiger partial charge in [-0.1, -0.05) is 29.4 Å². The number of carbonyl (C=O) groups excluding carboxylic acids is 1. The van der Waals surface area contributed by atoms with E-state index in [0.717, 1.165) is 11.1 Å². The zero-order valence-electron chi connectivity index (χ0n) is 13.1. The molecule has 7 heteroatoms. The molecule has 1 aliphatic heterocycles. The Morgan fingerprint density at radius 3 is 2.64 bits per heavy atom. The molecule has 3 aromatic rings. The first kappa shape index (κ1) is 15.2. The normalized spacial score (nSPS) is 16.5. The summed E-state index contributed by atoms with van der Waals surface area (Å²) in [4.78, 5) is 25.8. The predicted octanol–water partition coefficient (Wildman–Crippen LogP) is 2.59. The third-order valence-electron chi connectivity index (χ3n) is 4.29. The summed E-state index contributed by atoms with van der Waals surface area (Å²) in [5, 5.41) is 13.3. The maximum absolute atomic E-state index is 12.8. The second-order valence-corrected chi connectivity index (χ2v) is 5.81. The van der Waals surface area contributed by atoms with Crippen LogP contribution in [0.5, 0.6) is 0 Å². The quantitative estimate of drug-likeness (QED) is 0.788. The van der Waals surface area contributed by atoms with Gasteiger partial charge in [0.2, 0.25) is 5.76 Å². The lowest BCUT2D eigenvalue weighted by atomic mass is 9.93. The van der Waals surface area contributed by atoms with Crippen LogP contribution < -0.4 is 0 Å². The number of hydrogen-bond acceptors (Lipinski definition) is 5. The number of carboxylic acids is 1. The molecule has 1 aliphatic rings. The van der Waals surface area contributed by atoms with Crippen LogP contribution in [0.3, 0.4) is 0 Å². The van der Waals surface area contributed by atoms with Crippen LogP contribution in [-0.2, 0) is 17.8 Å². The van der Waals surface area contributed by atoms with Crippen LogP contribution in [-0.4, -0.2) is 33.1 Å². The number of hydrogen-bond donors (Lipinski definition) is 1. The van der Waals surface area contributed by atoms with Crippen molar-refractivity contribution in [3.05, 3.63) is 65.5 Å². The Morgan fingerprint density at radius 1 is 1.12 bits per heavy atom. The highest BCUT2D eigenvalue weighted by molar-refractivity contribution is 5.96. The van der Waals surface area contributed by atoms with Crippen molar-refractivity contribution in [3.63, 3.8) is 0 Å². The Balaban J connectivity index is 1.65. The maximum Gasteiger partial charge on any atom is 0.326 e. The first-order valence-electron chi connectivity index (χ1n) is 7.74. The Hall–Kier alpha value is -3.35. The van der Waals surface area contributed by atoms with Gasteiger partial charge in [-0.05, 0) is 23.3 Å². The monoisotopic (exact) mass is 338 g/mol. The van der Waals surface area contributed by atoms with E-state index in [1.165, 1.54) is 17.2 Å². The van der Waals surface area contributed by atoms with E-state index in [9.17, 15) is 14.7 Å². The average Bonchev–Trinajstić information content (AvgIpc) is 3.31. The molecule has 1 N–H and O–H groups in total. The van der Waals surface area contributed by atoms with Crippen molar-refractivity contribution in [1.29, 1.82) is 0 Å². The second-order valence-electron chi connectivity index (χ2n) is 5.81. The molecule has 0 radical (unpaired) electrons. The van der Waals surface area contributed by atoms with E-state index >= 15 is 0 Å². The van der Waals surface area contributed by atoms with Crippen LogP contribution >= 0.6 is 0 Å². The predicted molar refractivity (Wildman–Crippen MR) is 85.6 cm³/mol. The van der Waals surface area contributed by atoms with E-state index in [0.29, 0.717) is 11.5 Å². The van der Waals surface area contributed by atoms with Gasteiger partial charge in [0, 0.05) is 19.0 Å². The van der Waals surface area contributed by atoms with Gasteiger partial charge < -0.3 is 18.9 Å². The zero-order chi connectivity index (χ0) is 17.4. The van der Waals surface area contributed by atoms with Crippen molar-refractivity contribution in [2.75, 3.05) is 0 Å². The SMILES string of the molecule is O=C(O)[C@H]1Cc2ccccc2CN1C(=O)c1cc(-c2ccco2)on1. The summed E-state index contributed by atoms with van der Waals surface area (Å²) in [6, 6.07) is 11.4. The van der Waals surface area contributed by atoms with Gasteiger partial charge in [-0.2, -0.15) is 0 Å². The highest BCUT2D eigenvalue weighted by atomic mass is 16.5. The molecule has 4 rings (SSSR count). The van der Waals surface area contributed by atoms with Gasteiger partial charge >= 0.3 is 5.97 Å². The average molecular weight is 338 g/mol. The Bertz CT molecular complexity index is 929. The molecule has 1 amide bonds. The van der Waals surface area contributed by atoms with E-state index in [4.69, 9.17) is 8.94 Å².